The van der Waals surface area contributed by atoms with Gasteiger partial charge >= 0.3 is 0 Å². The minimum atomic E-state index is -0.128. The van der Waals surface area contributed by atoms with Gasteiger partial charge in [0.1, 0.15) is 0 Å². The van der Waals surface area contributed by atoms with E-state index in [2.05, 4.69) is 19.2 Å². The number of piperazine rings is 1. The first kappa shape index (κ1) is 11.3. The van der Waals surface area contributed by atoms with Crippen molar-refractivity contribution in [3.63, 3.8) is 0 Å². The van der Waals surface area contributed by atoms with E-state index in [0.717, 1.165) is 31.8 Å². The smallest absolute Gasteiger partial charge is 0.238 e. The Bertz CT molecular complexity index is 251. The summed E-state index contributed by atoms with van der Waals surface area (Å²) in [6.45, 7) is 6.94. The fourth-order valence-electron chi connectivity index (χ4n) is 2.40. The van der Waals surface area contributed by atoms with Crippen LogP contribution in [0.15, 0.2) is 0 Å². The number of hydrogen-bond donors (Lipinski definition) is 1. The van der Waals surface area contributed by atoms with Crippen LogP contribution in [0.3, 0.4) is 0 Å². The van der Waals surface area contributed by atoms with Crippen LogP contribution < -0.4 is 5.32 Å². The maximum Gasteiger partial charge on any atom is 0.238 e. The van der Waals surface area contributed by atoms with Gasteiger partial charge < -0.3 is 10.2 Å². The summed E-state index contributed by atoms with van der Waals surface area (Å²) in [7, 11) is 0. The summed E-state index contributed by atoms with van der Waals surface area (Å²) in [5.74, 6) is 1.50. The van der Waals surface area contributed by atoms with E-state index in [1.807, 2.05) is 16.7 Å². The van der Waals surface area contributed by atoms with Gasteiger partial charge in [0.05, 0.1) is 4.75 Å². The summed E-state index contributed by atoms with van der Waals surface area (Å²) in [6, 6.07) is 0.442. The molecular formula is C11H20N2OS. The third kappa shape index (κ3) is 2.31. The maximum atomic E-state index is 12.3. The number of amides is 1. The zero-order chi connectivity index (χ0) is 10.9. The molecule has 15 heavy (non-hydrogen) atoms. The van der Waals surface area contributed by atoms with Gasteiger partial charge in [0.15, 0.2) is 0 Å². The number of hydrogen-bond acceptors (Lipinski definition) is 3. The Morgan fingerprint density at radius 3 is 3.00 bits per heavy atom. The predicted molar refractivity (Wildman–Crippen MR) is 64.1 cm³/mol. The lowest BCUT2D eigenvalue weighted by Gasteiger charge is -2.36. The van der Waals surface area contributed by atoms with Crippen LogP contribution in [-0.2, 0) is 4.79 Å². The molecular weight excluding hydrogens is 208 g/mol. The average Bonchev–Trinajstić information content (AvgIpc) is 2.65. The molecule has 86 valence electrons. The van der Waals surface area contributed by atoms with Gasteiger partial charge in [-0.2, -0.15) is 0 Å². The van der Waals surface area contributed by atoms with Crippen LogP contribution in [0.5, 0.6) is 0 Å². The van der Waals surface area contributed by atoms with Gasteiger partial charge in [-0.15, -0.1) is 11.8 Å². The minimum Gasteiger partial charge on any atom is -0.339 e. The van der Waals surface area contributed by atoms with E-state index >= 15 is 0 Å². The summed E-state index contributed by atoms with van der Waals surface area (Å²) in [4.78, 5) is 14.4. The van der Waals surface area contributed by atoms with E-state index in [4.69, 9.17) is 0 Å². The lowest BCUT2D eigenvalue weighted by Crippen LogP contribution is -2.55. The molecule has 1 N–H and O–H groups in total. The quantitative estimate of drug-likeness (QED) is 0.729. The number of nitrogens with zero attached hydrogens (tertiary/aromatic N) is 1. The van der Waals surface area contributed by atoms with Crippen molar-refractivity contribution in [1.82, 2.24) is 10.2 Å². The first-order valence-electron chi connectivity index (χ1n) is 5.78. The Hall–Kier alpha value is -0.220. The van der Waals surface area contributed by atoms with Gasteiger partial charge in [0.25, 0.3) is 0 Å². The molecule has 2 fully saturated rings. The number of carbonyl (C=O) groups is 1. The highest BCUT2D eigenvalue weighted by atomic mass is 32.2. The Morgan fingerprint density at radius 2 is 2.40 bits per heavy atom. The lowest BCUT2D eigenvalue weighted by atomic mass is 10.0. The molecule has 0 aromatic rings. The molecule has 4 heteroatoms. The van der Waals surface area contributed by atoms with Crippen LogP contribution in [0, 0.1) is 0 Å². The summed E-state index contributed by atoms with van der Waals surface area (Å²) >= 11 is 1.84. The second kappa shape index (κ2) is 4.34. The molecule has 2 rings (SSSR count). The molecule has 3 nitrogen and oxygen atoms in total. The highest BCUT2D eigenvalue weighted by molar-refractivity contribution is 8.01. The topological polar surface area (TPSA) is 32.3 Å². The van der Waals surface area contributed by atoms with Crippen molar-refractivity contribution in [3.05, 3.63) is 0 Å². The molecule has 1 unspecified atom stereocenters. The molecule has 0 saturated carbocycles. The van der Waals surface area contributed by atoms with Crippen LogP contribution in [-0.4, -0.2) is 47.0 Å². The lowest BCUT2D eigenvalue weighted by molar-refractivity contribution is -0.134. The van der Waals surface area contributed by atoms with Crippen LogP contribution in [0.25, 0.3) is 0 Å². The van der Waals surface area contributed by atoms with E-state index < -0.39 is 0 Å². The van der Waals surface area contributed by atoms with Crippen LogP contribution in [0.4, 0.5) is 0 Å². The number of nitrogens with one attached hydrogen (secondary N) is 1. The first-order chi connectivity index (χ1) is 7.12. The van der Waals surface area contributed by atoms with Crippen LogP contribution in [0.2, 0.25) is 0 Å². The molecule has 0 aromatic heterocycles. The average molecular weight is 228 g/mol. The summed E-state index contributed by atoms with van der Waals surface area (Å²) in [5.41, 5.74) is 0. The molecule has 0 spiro atoms. The largest absolute Gasteiger partial charge is 0.339 e. The van der Waals surface area contributed by atoms with Crippen molar-refractivity contribution in [2.45, 2.75) is 37.5 Å². The van der Waals surface area contributed by atoms with Gasteiger partial charge in [0, 0.05) is 25.7 Å². The van der Waals surface area contributed by atoms with Gasteiger partial charge in [0.2, 0.25) is 5.91 Å². The van der Waals surface area contributed by atoms with E-state index in [1.165, 1.54) is 6.42 Å². The van der Waals surface area contributed by atoms with Crippen molar-refractivity contribution in [1.29, 1.82) is 0 Å². The Labute approximate surface area is 96.0 Å². The summed E-state index contributed by atoms with van der Waals surface area (Å²) < 4.78 is -0.128. The highest BCUT2D eigenvalue weighted by Crippen LogP contribution is 2.39. The third-order valence-corrected chi connectivity index (χ3v) is 4.84. The van der Waals surface area contributed by atoms with Crippen molar-refractivity contribution >= 4 is 17.7 Å². The van der Waals surface area contributed by atoms with Gasteiger partial charge in [-0.25, -0.2) is 0 Å². The van der Waals surface area contributed by atoms with Crippen molar-refractivity contribution < 1.29 is 4.79 Å². The van der Waals surface area contributed by atoms with E-state index in [9.17, 15) is 4.79 Å². The number of carbonyl (C=O) groups excluding carboxylic acids is 1. The second-order valence-electron chi connectivity index (χ2n) is 4.79. The fraction of sp³-hybridized carbons (Fsp3) is 0.909. The number of rotatable bonds is 1. The minimum absolute atomic E-state index is 0.128. The highest BCUT2D eigenvalue weighted by Gasteiger charge is 2.40. The molecule has 0 aromatic carbocycles. The molecule has 0 bridgehead atoms. The maximum absolute atomic E-state index is 12.3. The Kier molecular flexibility index (Phi) is 3.26. The predicted octanol–water partition coefficient (Wildman–Crippen LogP) is 1.09. The zero-order valence-corrected chi connectivity index (χ0v) is 10.4. The van der Waals surface area contributed by atoms with Crippen LogP contribution in [0.1, 0.15) is 26.7 Å². The van der Waals surface area contributed by atoms with Crippen molar-refractivity contribution in [3.8, 4) is 0 Å². The summed E-state index contributed by atoms with van der Waals surface area (Å²) in [5, 5.41) is 3.37. The molecule has 2 aliphatic rings. The van der Waals surface area contributed by atoms with Crippen molar-refractivity contribution in [2.75, 3.05) is 25.4 Å². The first-order valence-corrected chi connectivity index (χ1v) is 6.77. The van der Waals surface area contributed by atoms with E-state index in [1.54, 1.807) is 0 Å². The Balaban J connectivity index is 2.00. The van der Waals surface area contributed by atoms with E-state index in [-0.39, 0.29) is 4.75 Å². The summed E-state index contributed by atoms with van der Waals surface area (Å²) in [6.07, 6.45) is 2.24. The van der Waals surface area contributed by atoms with Gasteiger partial charge in [-0.1, -0.05) is 0 Å². The molecule has 2 atom stereocenters. The normalized spacial score (nSPS) is 36.9. The number of thioether (sulfide) groups is 1. The second-order valence-corrected chi connectivity index (χ2v) is 6.39. The third-order valence-electron chi connectivity index (χ3n) is 3.33. The molecule has 2 aliphatic heterocycles. The standard InChI is InChI=1S/C11H20N2OS/c1-9-8-13(6-5-12-9)10(14)11(2)4-3-7-15-11/h9,12H,3-8H2,1-2H3/t9-,11?/m1/s1. The monoisotopic (exact) mass is 228 g/mol. The zero-order valence-electron chi connectivity index (χ0n) is 9.58. The molecule has 0 aliphatic carbocycles. The van der Waals surface area contributed by atoms with Crippen molar-refractivity contribution in [2.24, 2.45) is 0 Å². The van der Waals surface area contributed by atoms with Gasteiger partial charge in [-0.3, -0.25) is 4.79 Å². The molecule has 1 amide bonds. The van der Waals surface area contributed by atoms with Gasteiger partial charge in [-0.05, 0) is 32.4 Å². The fourth-order valence-corrected chi connectivity index (χ4v) is 3.68. The van der Waals surface area contributed by atoms with Crippen LogP contribution >= 0.6 is 11.8 Å². The molecule has 2 saturated heterocycles. The SMILES string of the molecule is C[C@@H]1CN(C(=O)C2(C)CCCS2)CCN1. The molecule has 2 heterocycles. The Morgan fingerprint density at radius 1 is 1.60 bits per heavy atom. The van der Waals surface area contributed by atoms with E-state index in [0.29, 0.717) is 11.9 Å². The molecule has 0 radical (unpaired) electrons.